The smallest absolute Gasteiger partial charge is 0.185 e. The number of aliphatic hydroxyl groups excluding tert-OH is 2. The van der Waals surface area contributed by atoms with Gasteiger partial charge in [-0.3, -0.25) is 4.79 Å². The summed E-state index contributed by atoms with van der Waals surface area (Å²) in [5.74, 6) is -2.66. The maximum atomic E-state index is 14.5. The van der Waals surface area contributed by atoms with Gasteiger partial charge in [-0.15, -0.1) is 0 Å². The number of aryl methyl sites for hydroxylation is 1. The molecular weight excluding hydrogens is 512 g/mol. The number of methoxy groups -OCH3 is 1. The number of hydrogen-bond acceptors (Lipinski definition) is 5. The molecule has 2 saturated carbocycles. The number of aliphatic hydroxyl groups is 3. The summed E-state index contributed by atoms with van der Waals surface area (Å²) in [7, 11) is 1.47. The molecule has 7 bridgehead atoms. The van der Waals surface area contributed by atoms with Gasteiger partial charge < -0.3 is 20.1 Å². The van der Waals surface area contributed by atoms with Crippen LogP contribution in [0.2, 0.25) is 0 Å². The van der Waals surface area contributed by atoms with Crippen molar-refractivity contribution in [3.63, 3.8) is 0 Å². The van der Waals surface area contributed by atoms with Crippen LogP contribution in [0.1, 0.15) is 53.5 Å². The summed E-state index contributed by atoms with van der Waals surface area (Å²) in [5.41, 5.74) is 4.28. The normalized spacial score (nSPS) is 35.9. The van der Waals surface area contributed by atoms with Crippen molar-refractivity contribution in [3.8, 4) is 0 Å². The average Bonchev–Trinajstić information content (AvgIpc) is 3.32. The molecule has 0 aliphatic heterocycles. The molecule has 0 amide bonds. The summed E-state index contributed by atoms with van der Waals surface area (Å²) in [6, 6.07) is 19.1. The van der Waals surface area contributed by atoms with Crippen LogP contribution in [0.5, 0.6) is 0 Å². The van der Waals surface area contributed by atoms with Gasteiger partial charge in [-0.05, 0) is 76.3 Å². The summed E-state index contributed by atoms with van der Waals surface area (Å²) >= 11 is 0. The molecule has 0 saturated heterocycles. The van der Waals surface area contributed by atoms with Crippen molar-refractivity contribution in [2.24, 2.45) is 22.7 Å². The van der Waals surface area contributed by atoms with Gasteiger partial charge in [0, 0.05) is 37.4 Å². The van der Waals surface area contributed by atoms with Crippen LogP contribution in [0, 0.1) is 22.7 Å². The van der Waals surface area contributed by atoms with Gasteiger partial charge >= 0.3 is 0 Å². The number of fused-ring (bicyclic) bond motifs is 4. The zero-order chi connectivity index (χ0) is 28.7. The predicted octanol–water partition coefficient (Wildman–Crippen LogP) is 5.14. The fourth-order valence-corrected chi connectivity index (χ4v) is 9.11. The highest BCUT2D eigenvalue weighted by Gasteiger charge is 2.80. The van der Waals surface area contributed by atoms with Crippen molar-refractivity contribution >= 4 is 22.6 Å². The molecule has 4 aliphatic carbocycles. The molecule has 3 aromatic rings. The Balaban J connectivity index is 1.44. The van der Waals surface area contributed by atoms with E-state index in [1.165, 1.54) is 7.11 Å². The van der Waals surface area contributed by atoms with Crippen LogP contribution in [0.25, 0.3) is 16.8 Å². The predicted molar refractivity (Wildman–Crippen MR) is 159 cm³/mol. The highest BCUT2D eigenvalue weighted by molar-refractivity contribution is 5.90. The molecule has 7 unspecified atom stereocenters. The molecule has 3 N–H and O–H groups in total. The van der Waals surface area contributed by atoms with E-state index in [0.717, 1.165) is 44.2 Å². The maximum Gasteiger partial charge on any atom is 0.185 e. The van der Waals surface area contributed by atoms with Gasteiger partial charge in [0.05, 0.1) is 11.5 Å². The largest absolute Gasteiger partial charge is 0.396 e. The van der Waals surface area contributed by atoms with E-state index in [0.29, 0.717) is 25.7 Å². The van der Waals surface area contributed by atoms with Gasteiger partial charge in [-0.2, -0.15) is 0 Å². The number of rotatable bonds is 2. The third kappa shape index (κ3) is 3.53. The third-order valence-corrected chi connectivity index (χ3v) is 11.2. The first-order chi connectivity index (χ1) is 19.6. The molecule has 7 rings (SSSR count). The Hall–Kier alpha value is -3.09. The SMILES string of the molecule is C=C1C2C(CO)CC3(C(=O)CCc4cccc(c4)CC4c5cc6cc(ccc6cc5C=CC4O)CC13C)C2(O)OC. The lowest BCUT2D eigenvalue weighted by Crippen LogP contribution is -2.56. The Morgan fingerprint density at radius 1 is 1.02 bits per heavy atom. The van der Waals surface area contributed by atoms with E-state index in [1.54, 1.807) is 0 Å². The lowest BCUT2D eigenvalue weighted by Gasteiger charge is -2.48. The molecule has 0 aromatic heterocycles. The number of ether oxygens (including phenoxy) is 1. The van der Waals surface area contributed by atoms with Gasteiger partial charge in [-0.25, -0.2) is 0 Å². The standard InChI is InChI=1S/C36H38O5/c1-21-33-28(20-37)19-35(36(33,40)41-3)32(39)12-8-22-5-4-6-23(13-22)15-30-29-17-27-14-24(18-34(21,35)2)7-9-25(27)16-26(29)10-11-31(30)38/h4-7,9-11,13-14,16-17,28,30-31,33,37-38,40H,1,8,12,15,18-20H2,2-3H3. The fourth-order valence-electron chi connectivity index (χ4n) is 9.11. The summed E-state index contributed by atoms with van der Waals surface area (Å²) in [6.45, 7) is 6.40. The van der Waals surface area contributed by atoms with Gasteiger partial charge in [0.25, 0.3) is 0 Å². The second-order valence-corrected chi connectivity index (χ2v) is 13.0. The van der Waals surface area contributed by atoms with Gasteiger partial charge in [0.2, 0.25) is 0 Å². The summed E-state index contributed by atoms with van der Waals surface area (Å²) < 4.78 is 5.90. The number of Topliss-reactive ketones (excluding diaryl/α,β-unsaturated/α-hetero) is 1. The van der Waals surface area contributed by atoms with Crippen LogP contribution in [-0.2, 0) is 28.8 Å². The summed E-state index contributed by atoms with van der Waals surface area (Å²) in [6.07, 6.45) is 5.70. The fraction of sp³-hybridized carbons (Fsp3) is 0.417. The molecule has 7 atom stereocenters. The Bertz CT molecular complexity index is 1620. The molecule has 5 heteroatoms. The van der Waals surface area contributed by atoms with Crippen molar-refractivity contribution in [2.75, 3.05) is 13.7 Å². The molecule has 4 aliphatic rings. The quantitative estimate of drug-likeness (QED) is 0.304. The topological polar surface area (TPSA) is 87.0 Å². The molecule has 0 radical (unpaired) electrons. The van der Waals surface area contributed by atoms with Crippen molar-refractivity contribution in [1.29, 1.82) is 0 Å². The van der Waals surface area contributed by atoms with Crippen molar-refractivity contribution in [2.45, 2.75) is 56.8 Å². The second kappa shape index (κ2) is 9.20. The van der Waals surface area contributed by atoms with Crippen molar-refractivity contribution in [1.82, 2.24) is 0 Å². The highest BCUT2D eigenvalue weighted by Crippen LogP contribution is 2.74. The monoisotopic (exact) mass is 550 g/mol. The molecule has 3 aromatic carbocycles. The lowest BCUT2D eigenvalue weighted by molar-refractivity contribution is -0.254. The van der Waals surface area contributed by atoms with Crippen LogP contribution >= 0.6 is 0 Å². The van der Waals surface area contributed by atoms with Gasteiger partial charge in [0.1, 0.15) is 5.78 Å². The Kier molecular flexibility index (Phi) is 6.01. The minimum absolute atomic E-state index is 0.0398. The second-order valence-electron chi connectivity index (χ2n) is 13.0. The van der Waals surface area contributed by atoms with Crippen molar-refractivity contribution < 1.29 is 24.9 Å². The zero-order valence-electron chi connectivity index (χ0n) is 23.8. The minimum atomic E-state index is -1.73. The Morgan fingerprint density at radius 2 is 1.83 bits per heavy atom. The number of benzene rings is 3. The zero-order valence-corrected chi connectivity index (χ0v) is 23.8. The Labute approximate surface area is 241 Å². The van der Waals surface area contributed by atoms with E-state index in [1.807, 2.05) is 24.3 Å². The van der Waals surface area contributed by atoms with Crippen LogP contribution in [-0.4, -0.2) is 46.7 Å². The summed E-state index contributed by atoms with van der Waals surface area (Å²) in [4.78, 5) is 14.5. The minimum Gasteiger partial charge on any atom is -0.396 e. The van der Waals surface area contributed by atoms with E-state index < -0.39 is 28.6 Å². The van der Waals surface area contributed by atoms with Crippen LogP contribution in [0.15, 0.2) is 72.8 Å². The van der Waals surface area contributed by atoms with E-state index in [-0.39, 0.29) is 30.6 Å². The van der Waals surface area contributed by atoms with E-state index in [2.05, 4.69) is 56.0 Å². The van der Waals surface area contributed by atoms with Gasteiger partial charge in [-0.1, -0.05) is 79.8 Å². The van der Waals surface area contributed by atoms with Crippen LogP contribution in [0.4, 0.5) is 0 Å². The molecule has 5 nitrogen and oxygen atoms in total. The average molecular weight is 551 g/mol. The highest BCUT2D eigenvalue weighted by atomic mass is 16.6. The maximum absolute atomic E-state index is 14.5. The van der Waals surface area contributed by atoms with Gasteiger partial charge in [0.15, 0.2) is 5.79 Å². The Morgan fingerprint density at radius 3 is 2.61 bits per heavy atom. The third-order valence-electron chi connectivity index (χ3n) is 11.2. The van der Waals surface area contributed by atoms with E-state index in [9.17, 15) is 20.1 Å². The number of carbonyl (C=O) groups is 1. The first kappa shape index (κ1) is 26.8. The number of ketones is 1. The molecular formula is C36H38O5. The molecule has 212 valence electrons. The van der Waals surface area contributed by atoms with Crippen LogP contribution < -0.4 is 0 Å². The van der Waals surface area contributed by atoms with Crippen molar-refractivity contribution in [3.05, 3.63) is 101 Å². The number of hydrogen-bond donors (Lipinski definition) is 3. The lowest BCUT2D eigenvalue weighted by atomic mass is 9.55. The summed E-state index contributed by atoms with van der Waals surface area (Å²) in [5, 5.41) is 35.8. The molecule has 1 spiro atoms. The molecule has 41 heavy (non-hydrogen) atoms. The van der Waals surface area contributed by atoms with Crippen LogP contribution in [0.3, 0.4) is 0 Å². The first-order valence-electron chi connectivity index (χ1n) is 14.8. The van der Waals surface area contributed by atoms with E-state index in [4.69, 9.17) is 4.74 Å². The molecule has 0 heterocycles. The first-order valence-corrected chi connectivity index (χ1v) is 14.8. The number of carbonyl (C=O) groups excluding carboxylic acids is 1. The van der Waals surface area contributed by atoms with E-state index >= 15 is 0 Å². The molecule has 2 fully saturated rings.